The molecule has 0 saturated carbocycles. The van der Waals surface area contributed by atoms with Crippen LogP contribution in [0, 0.1) is 11.3 Å². The van der Waals surface area contributed by atoms with Gasteiger partial charge in [-0.05, 0) is 12.0 Å². The van der Waals surface area contributed by atoms with Crippen molar-refractivity contribution in [1.29, 1.82) is 5.26 Å². The number of hydrogen-bond acceptors (Lipinski definition) is 4. The molecule has 0 aliphatic carbocycles. The van der Waals surface area contributed by atoms with Crippen LogP contribution in [0.25, 0.3) is 0 Å². The number of aliphatic hydroxyl groups is 1. The van der Waals surface area contributed by atoms with Crippen molar-refractivity contribution >= 4 is 11.6 Å². The maximum atomic E-state index is 9.49. The second-order valence-corrected chi connectivity index (χ2v) is 4.79. The molecule has 5 heteroatoms. The van der Waals surface area contributed by atoms with Crippen LogP contribution in [-0.2, 0) is 0 Å². The Labute approximate surface area is 122 Å². The molecule has 20 heavy (non-hydrogen) atoms. The van der Waals surface area contributed by atoms with E-state index < -0.39 is 5.92 Å². The van der Waals surface area contributed by atoms with Crippen molar-refractivity contribution in [2.45, 2.75) is 18.3 Å². The summed E-state index contributed by atoms with van der Waals surface area (Å²) in [7, 11) is 0. The first-order valence-electron chi connectivity index (χ1n) is 6.29. The molecule has 2 atom stereocenters. The molecule has 2 aromatic rings. The molecule has 2 rings (SSSR count). The summed E-state index contributed by atoms with van der Waals surface area (Å²) in [6.07, 6.45) is 3.48. The predicted octanol–water partition coefficient (Wildman–Crippen LogP) is 2.90. The Morgan fingerprint density at radius 1 is 1.25 bits per heavy atom. The SMILES string of the molecule is N#C[C@@H](c1ccccc1)[C@H](CCO)c1cncc(Cl)n1. The number of aromatic nitrogens is 2. The molecule has 0 fully saturated rings. The fraction of sp³-hybridized carbons (Fsp3) is 0.267. The number of benzene rings is 1. The molecule has 0 bridgehead atoms. The summed E-state index contributed by atoms with van der Waals surface area (Å²) in [4.78, 5) is 8.24. The molecule has 1 aromatic carbocycles. The average molecular weight is 288 g/mol. The van der Waals surface area contributed by atoms with Crippen LogP contribution in [0.4, 0.5) is 0 Å². The van der Waals surface area contributed by atoms with Crippen LogP contribution in [0.5, 0.6) is 0 Å². The summed E-state index contributed by atoms with van der Waals surface area (Å²) in [6.45, 7) is -0.0239. The lowest BCUT2D eigenvalue weighted by atomic mass is 9.83. The Balaban J connectivity index is 2.39. The van der Waals surface area contributed by atoms with Gasteiger partial charge in [0.1, 0.15) is 5.15 Å². The molecule has 0 unspecified atom stereocenters. The second-order valence-electron chi connectivity index (χ2n) is 4.40. The third-order valence-electron chi connectivity index (χ3n) is 3.14. The zero-order valence-corrected chi connectivity index (χ0v) is 11.5. The van der Waals surface area contributed by atoms with Gasteiger partial charge >= 0.3 is 0 Å². The normalized spacial score (nSPS) is 13.4. The second kappa shape index (κ2) is 6.99. The van der Waals surface area contributed by atoms with E-state index in [2.05, 4.69) is 16.0 Å². The van der Waals surface area contributed by atoms with Crippen molar-refractivity contribution in [2.75, 3.05) is 6.61 Å². The fourth-order valence-electron chi connectivity index (χ4n) is 2.22. The molecule has 1 aromatic heterocycles. The van der Waals surface area contributed by atoms with E-state index in [0.717, 1.165) is 5.56 Å². The number of nitrogens with zero attached hydrogens (tertiary/aromatic N) is 3. The topological polar surface area (TPSA) is 69.8 Å². The molecular formula is C15H14ClN3O. The van der Waals surface area contributed by atoms with Crippen LogP contribution >= 0.6 is 11.6 Å². The lowest BCUT2D eigenvalue weighted by Gasteiger charge is -2.21. The first-order valence-corrected chi connectivity index (χ1v) is 6.67. The molecule has 0 saturated heterocycles. The molecule has 4 nitrogen and oxygen atoms in total. The van der Waals surface area contributed by atoms with Gasteiger partial charge in [0.25, 0.3) is 0 Å². The Hall–Kier alpha value is -1.96. The predicted molar refractivity (Wildman–Crippen MR) is 76.3 cm³/mol. The molecule has 0 amide bonds. The summed E-state index contributed by atoms with van der Waals surface area (Å²) in [5.74, 6) is -0.630. The molecule has 0 spiro atoms. The van der Waals surface area contributed by atoms with Gasteiger partial charge < -0.3 is 5.11 Å². The summed E-state index contributed by atoms with van der Waals surface area (Å²) < 4.78 is 0. The van der Waals surface area contributed by atoms with Crippen LogP contribution in [0.15, 0.2) is 42.7 Å². The quantitative estimate of drug-likeness (QED) is 0.918. The zero-order chi connectivity index (χ0) is 14.4. The van der Waals surface area contributed by atoms with Crippen molar-refractivity contribution in [2.24, 2.45) is 0 Å². The third-order valence-corrected chi connectivity index (χ3v) is 3.33. The summed E-state index contributed by atoms with van der Waals surface area (Å²) in [6, 6.07) is 11.8. The van der Waals surface area contributed by atoms with E-state index in [1.807, 2.05) is 30.3 Å². The van der Waals surface area contributed by atoms with Crippen molar-refractivity contribution in [1.82, 2.24) is 9.97 Å². The van der Waals surface area contributed by atoms with Crippen LogP contribution in [0.2, 0.25) is 5.15 Å². The molecule has 102 valence electrons. The minimum Gasteiger partial charge on any atom is -0.396 e. The van der Waals surface area contributed by atoms with Crippen LogP contribution < -0.4 is 0 Å². The molecule has 0 aliphatic heterocycles. The van der Waals surface area contributed by atoms with Gasteiger partial charge in [0.15, 0.2) is 0 Å². The van der Waals surface area contributed by atoms with E-state index in [-0.39, 0.29) is 17.7 Å². The Morgan fingerprint density at radius 3 is 2.60 bits per heavy atom. The number of halogens is 1. The Kier molecular flexibility index (Phi) is 5.05. The highest BCUT2D eigenvalue weighted by Crippen LogP contribution is 2.34. The largest absolute Gasteiger partial charge is 0.396 e. The van der Waals surface area contributed by atoms with Gasteiger partial charge in [0.2, 0.25) is 0 Å². The van der Waals surface area contributed by atoms with E-state index in [0.29, 0.717) is 12.1 Å². The van der Waals surface area contributed by atoms with Gasteiger partial charge in [0.05, 0.1) is 23.9 Å². The van der Waals surface area contributed by atoms with E-state index in [1.165, 1.54) is 6.20 Å². The zero-order valence-electron chi connectivity index (χ0n) is 10.8. The highest BCUT2D eigenvalue weighted by Gasteiger charge is 2.26. The van der Waals surface area contributed by atoms with E-state index >= 15 is 0 Å². The van der Waals surface area contributed by atoms with E-state index in [9.17, 15) is 10.4 Å². The van der Waals surface area contributed by atoms with Crippen LogP contribution in [-0.4, -0.2) is 21.7 Å². The summed E-state index contributed by atoms with van der Waals surface area (Å²) in [5, 5.41) is 19.0. The molecule has 1 heterocycles. The average Bonchev–Trinajstić information content (AvgIpc) is 2.48. The monoisotopic (exact) mass is 287 g/mol. The van der Waals surface area contributed by atoms with E-state index in [4.69, 9.17) is 11.6 Å². The summed E-state index contributed by atoms with van der Waals surface area (Å²) >= 11 is 5.86. The van der Waals surface area contributed by atoms with Crippen molar-refractivity contribution in [3.05, 3.63) is 59.1 Å². The number of aliphatic hydroxyl groups excluding tert-OH is 1. The standard InChI is InChI=1S/C15H14ClN3O/c16-15-10-18-9-14(19-15)12(6-7-20)13(8-17)11-4-2-1-3-5-11/h1-5,9-10,12-13,20H,6-7H2/t12-,13-/m0/s1. The van der Waals surface area contributed by atoms with Crippen molar-refractivity contribution in [3.8, 4) is 6.07 Å². The molecule has 0 radical (unpaired) electrons. The van der Waals surface area contributed by atoms with Crippen molar-refractivity contribution in [3.63, 3.8) is 0 Å². The molecule has 0 aliphatic rings. The maximum Gasteiger partial charge on any atom is 0.147 e. The first-order chi connectivity index (χ1) is 9.76. The van der Waals surface area contributed by atoms with Gasteiger partial charge in [-0.1, -0.05) is 41.9 Å². The van der Waals surface area contributed by atoms with Gasteiger partial charge in [-0.2, -0.15) is 5.26 Å². The third kappa shape index (κ3) is 3.32. The maximum absolute atomic E-state index is 9.49. The van der Waals surface area contributed by atoms with E-state index in [1.54, 1.807) is 6.20 Å². The highest BCUT2D eigenvalue weighted by atomic mass is 35.5. The minimum atomic E-state index is -0.392. The molecule has 1 N–H and O–H groups in total. The fourth-order valence-corrected chi connectivity index (χ4v) is 2.37. The Morgan fingerprint density at radius 2 is 2.00 bits per heavy atom. The van der Waals surface area contributed by atoms with Crippen LogP contribution in [0.1, 0.15) is 29.5 Å². The summed E-state index contributed by atoms with van der Waals surface area (Å²) in [5.41, 5.74) is 1.53. The molecular weight excluding hydrogens is 274 g/mol. The number of hydrogen-bond donors (Lipinski definition) is 1. The lowest BCUT2D eigenvalue weighted by Crippen LogP contribution is -2.13. The van der Waals surface area contributed by atoms with Gasteiger partial charge in [0, 0.05) is 18.7 Å². The Bertz CT molecular complexity index is 598. The van der Waals surface area contributed by atoms with Crippen LogP contribution in [0.3, 0.4) is 0 Å². The van der Waals surface area contributed by atoms with Gasteiger partial charge in [-0.25, -0.2) is 4.98 Å². The smallest absolute Gasteiger partial charge is 0.147 e. The highest BCUT2D eigenvalue weighted by molar-refractivity contribution is 6.29. The lowest BCUT2D eigenvalue weighted by molar-refractivity contribution is 0.271. The number of nitriles is 1. The number of rotatable bonds is 5. The van der Waals surface area contributed by atoms with Crippen molar-refractivity contribution < 1.29 is 5.11 Å². The van der Waals surface area contributed by atoms with Gasteiger partial charge in [-0.3, -0.25) is 4.98 Å². The first kappa shape index (κ1) is 14.4. The minimum absolute atomic E-state index is 0.0239. The van der Waals surface area contributed by atoms with Gasteiger partial charge in [-0.15, -0.1) is 0 Å².